The molecule has 0 saturated heterocycles. The Morgan fingerprint density at radius 3 is 2.85 bits per heavy atom. The highest BCUT2D eigenvalue weighted by Gasteiger charge is 2.08. The van der Waals surface area contributed by atoms with Gasteiger partial charge in [0.05, 0.1) is 17.3 Å². The Balaban J connectivity index is 3.20. The molecule has 1 N–H and O–H groups in total. The van der Waals surface area contributed by atoms with Crippen LogP contribution < -0.4 is 10.1 Å². The normalized spacial score (nSPS) is 9.46. The first-order valence-electron chi connectivity index (χ1n) is 3.42. The van der Waals surface area contributed by atoms with Gasteiger partial charge in [0, 0.05) is 6.07 Å². The van der Waals surface area contributed by atoms with E-state index >= 15 is 0 Å². The molecule has 1 amide bonds. The van der Waals surface area contributed by atoms with Gasteiger partial charge in [0.1, 0.15) is 5.82 Å². The monoisotopic (exact) mass is 247 g/mol. The Labute approximate surface area is 83.0 Å². The molecule has 0 fully saturated rings. The number of nitrogens with one attached hydrogen (secondary N) is 1. The number of hydrogen-bond donors (Lipinski definition) is 1. The van der Waals surface area contributed by atoms with E-state index in [-0.39, 0.29) is 0 Å². The van der Waals surface area contributed by atoms with Gasteiger partial charge in [0.2, 0.25) is 6.41 Å². The minimum atomic E-state index is -0.447. The zero-order chi connectivity index (χ0) is 9.84. The summed E-state index contributed by atoms with van der Waals surface area (Å²) in [5.41, 5.74) is 0.296. The summed E-state index contributed by atoms with van der Waals surface area (Å²) in [6.07, 6.45) is 0.462. The van der Waals surface area contributed by atoms with Crippen molar-refractivity contribution in [2.24, 2.45) is 0 Å². The smallest absolute Gasteiger partial charge is 0.211 e. The predicted molar refractivity (Wildman–Crippen MR) is 50.3 cm³/mol. The minimum Gasteiger partial charge on any atom is -0.493 e. The Bertz CT molecular complexity index is 330. The van der Waals surface area contributed by atoms with E-state index in [1.165, 1.54) is 19.2 Å². The van der Waals surface area contributed by atoms with Crippen molar-refractivity contribution in [1.82, 2.24) is 0 Å². The van der Waals surface area contributed by atoms with Crippen molar-refractivity contribution in [3.63, 3.8) is 0 Å². The lowest BCUT2D eigenvalue weighted by Crippen LogP contribution is -1.98. The quantitative estimate of drug-likeness (QED) is 0.832. The number of amides is 1. The molecular weight excluding hydrogens is 241 g/mol. The summed E-state index contributed by atoms with van der Waals surface area (Å²) in [7, 11) is 1.44. The van der Waals surface area contributed by atoms with Gasteiger partial charge < -0.3 is 10.1 Å². The number of ether oxygens (including phenoxy) is 1. The molecule has 0 bridgehead atoms. The summed E-state index contributed by atoms with van der Waals surface area (Å²) in [6.45, 7) is 0. The largest absolute Gasteiger partial charge is 0.493 e. The van der Waals surface area contributed by atoms with Crippen LogP contribution in [0.5, 0.6) is 5.75 Å². The maximum absolute atomic E-state index is 12.8. The second-order valence-electron chi connectivity index (χ2n) is 2.23. The molecule has 3 nitrogen and oxygen atoms in total. The maximum atomic E-state index is 12.8. The average Bonchev–Trinajstić information content (AvgIpc) is 2.04. The Morgan fingerprint density at radius 1 is 1.62 bits per heavy atom. The first-order valence-corrected chi connectivity index (χ1v) is 4.21. The van der Waals surface area contributed by atoms with Gasteiger partial charge in [-0.1, -0.05) is 0 Å². The van der Waals surface area contributed by atoms with E-state index in [0.717, 1.165) is 0 Å². The molecule has 0 heterocycles. The number of anilines is 1. The first-order chi connectivity index (χ1) is 6.19. The summed E-state index contributed by atoms with van der Waals surface area (Å²) >= 11 is 3.11. The van der Waals surface area contributed by atoms with Crippen molar-refractivity contribution in [1.29, 1.82) is 0 Å². The number of hydrogen-bond acceptors (Lipinski definition) is 2. The van der Waals surface area contributed by atoms with Gasteiger partial charge >= 0.3 is 0 Å². The van der Waals surface area contributed by atoms with Crippen LogP contribution in [0.2, 0.25) is 0 Å². The van der Waals surface area contributed by atoms with Crippen molar-refractivity contribution < 1.29 is 13.9 Å². The lowest BCUT2D eigenvalue weighted by atomic mass is 10.3. The van der Waals surface area contributed by atoms with E-state index in [2.05, 4.69) is 21.2 Å². The predicted octanol–water partition coefficient (Wildman–Crippen LogP) is 2.17. The van der Waals surface area contributed by atoms with Crippen LogP contribution in [0.1, 0.15) is 0 Å². The maximum Gasteiger partial charge on any atom is 0.211 e. The van der Waals surface area contributed by atoms with Crippen molar-refractivity contribution >= 4 is 28.0 Å². The number of methoxy groups -OCH3 is 1. The summed E-state index contributed by atoms with van der Waals surface area (Å²) in [5, 5.41) is 2.33. The van der Waals surface area contributed by atoms with Crippen LogP contribution in [0.4, 0.5) is 10.1 Å². The van der Waals surface area contributed by atoms with Gasteiger partial charge in [-0.05, 0) is 22.0 Å². The molecule has 0 aromatic heterocycles. The molecule has 70 valence electrons. The third-order valence-electron chi connectivity index (χ3n) is 1.43. The molecule has 0 saturated carbocycles. The van der Waals surface area contributed by atoms with Crippen LogP contribution >= 0.6 is 15.9 Å². The van der Waals surface area contributed by atoms with Crippen LogP contribution in [0.3, 0.4) is 0 Å². The van der Waals surface area contributed by atoms with Gasteiger partial charge in [0.15, 0.2) is 5.75 Å². The molecule has 13 heavy (non-hydrogen) atoms. The number of benzene rings is 1. The third-order valence-corrected chi connectivity index (χ3v) is 2.02. The number of carbonyl (C=O) groups excluding carboxylic acids is 1. The summed E-state index contributed by atoms with van der Waals surface area (Å²) in [6, 6.07) is 2.44. The lowest BCUT2D eigenvalue weighted by molar-refractivity contribution is -0.105. The van der Waals surface area contributed by atoms with Crippen molar-refractivity contribution in [3.8, 4) is 5.75 Å². The topological polar surface area (TPSA) is 38.3 Å². The van der Waals surface area contributed by atoms with E-state index < -0.39 is 5.82 Å². The van der Waals surface area contributed by atoms with Gasteiger partial charge in [0.25, 0.3) is 0 Å². The summed E-state index contributed by atoms with van der Waals surface area (Å²) in [4.78, 5) is 10.2. The van der Waals surface area contributed by atoms with Gasteiger partial charge in [-0.25, -0.2) is 4.39 Å². The van der Waals surface area contributed by atoms with E-state index in [9.17, 15) is 9.18 Å². The highest BCUT2D eigenvalue weighted by Crippen LogP contribution is 2.33. The van der Waals surface area contributed by atoms with E-state index in [1.807, 2.05) is 0 Å². The molecule has 1 aromatic rings. The van der Waals surface area contributed by atoms with Crippen LogP contribution in [0, 0.1) is 5.82 Å². The Kier molecular flexibility index (Phi) is 3.25. The van der Waals surface area contributed by atoms with Crippen molar-refractivity contribution in [2.45, 2.75) is 0 Å². The molecular formula is C8H7BrFNO2. The molecule has 5 heteroatoms. The van der Waals surface area contributed by atoms with Crippen LogP contribution in [-0.2, 0) is 4.79 Å². The summed E-state index contributed by atoms with van der Waals surface area (Å²) in [5.74, 6) is -0.0504. The molecule has 0 spiro atoms. The Hall–Kier alpha value is -1.10. The molecule has 1 aromatic carbocycles. The van der Waals surface area contributed by atoms with Gasteiger partial charge in [-0.3, -0.25) is 4.79 Å². The van der Waals surface area contributed by atoms with E-state index in [4.69, 9.17) is 4.74 Å². The Morgan fingerprint density at radius 2 is 2.31 bits per heavy atom. The molecule has 0 atom stereocenters. The zero-order valence-corrected chi connectivity index (χ0v) is 8.39. The fourth-order valence-electron chi connectivity index (χ4n) is 0.939. The second-order valence-corrected chi connectivity index (χ2v) is 3.08. The van der Waals surface area contributed by atoms with Crippen molar-refractivity contribution in [2.75, 3.05) is 12.4 Å². The molecule has 1 rings (SSSR count). The second kappa shape index (κ2) is 4.23. The highest BCUT2D eigenvalue weighted by atomic mass is 79.9. The molecule has 0 unspecified atom stereocenters. The number of carbonyl (C=O) groups is 1. The van der Waals surface area contributed by atoms with Gasteiger partial charge in [-0.15, -0.1) is 0 Å². The standard InChI is InChI=1S/C8H7BrFNO2/c1-13-8-6(9)2-5(10)3-7(8)11-4-12/h2-4H,1H3,(H,11,12). The molecule has 0 aliphatic carbocycles. The van der Waals surface area contributed by atoms with Crippen LogP contribution in [-0.4, -0.2) is 13.5 Å². The zero-order valence-electron chi connectivity index (χ0n) is 6.80. The van der Waals surface area contributed by atoms with Crippen LogP contribution in [0.15, 0.2) is 16.6 Å². The summed E-state index contributed by atoms with van der Waals surface area (Å²) < 4.78 is 18.2. The van der Waals surface area contributed by atoms with Gasteiger partial charge in [-0.2, -0.15) is 0 Å². The number of rotatable bonds is 3. The number of halogens is 2. The van der Waals surface area contributed by atoms with Crippen molar-refractivity contribution in [3.05, 3.63) is 22.4 Å². The highest BCUT2D eigenvalue weighted by molar-refractivity contribution is 9.10. The fourth-order valence-corrected chi connectivity index (χ4v) is 1.53. The van der Waals surface area contributed by atoms with E-state index in [1.54, 1.807) is 0 Å². The first kappa shape index (κ1) is 9.98. The van der Waals surface area contributed by atoms with E-state index in [0.29, 0.717) is 22.3 Å². The lowest BCUT2D eigenvalue weighted by Gasteiger charge is -2.08. The fraction of sp³-hybridized carbons (Fsp3) is 0.125. The molecule has 0 aliphatic rings. The molecule has 0 aliphatic heterocycles. The minimum absolute atomic E-state index is 0.296. The molecule has 0 radical (unpaired) electrons. The SMILES string of the molecule is COc1c(Br)cc(F)cc1NC=O. The third kappa shape index (κ3) is 2.18. The average molecular weight is 248 g/mol. The van der Waals surface area contributed by atoms with Crippen LogP contribution in [0.25, 0.3) is 0 Å².